The molecule has 0 unspecified atom stereocenters. The van der Waals surface area contributed by atoms with E-state index < -0.39 is 11.5 Å². The second-order valence-electron chi connectivity index (χ2n) is 10.2. The smallest absolute Gasteiger partial charge is 0.302 e. The van der Waals surface area contributed by atoms with Gasteiger partial charge < -0.3 is 14.9 Å². The van der Waals surface area contributed by atoms with E-state index in [2.05, 4.69) is 20.4 Å². The molecule has 0 amide bonds. The molecule has 2 N–H and O–H groups in total. The van der Waals surface area contributed by atoms with Crippen LogP contribution in [0.2, 0.25) is 0 Å². The first-order valence-electron chi connectivity index (χ1n) is 10.3. The van der Waals surface area contributed by atoms with Crippen LogP contribution in [0.15, 0.2) is 12.2 Å². The molecule has 0 aromatic carbocycles. The van der Waals surface area contributed by atoms with Gasteiger partial charge in [-0.3, -0.25) is 4.79 Å². The van der Waals surface area contributed by atoms with Gasteiger partial charge >= 0.3 is 5.97 Å². The number of hydrogen-bond donors (Lipinski definition) is 2. The Hall–Kier alpha value is -0.870. The van der Waals surface area contributed by atoms with Crippen LogP contribution >= 0.6 is 0 Å². The number of hydrogen-bond acceptors (Lipinski definition) is 4. The summed E-state index contributed by atoms with van der Waals surface area (Å²) in [6, 6.07) is 0. The van der Waals surface area contributed by atoms with Crippen LogP contribution in [0.1, 0.15) is 65.7 Å². The van der Waals surface area contributed by atoms with E-state index in [1.807, 2.05) is 0 Å². The number of aliphatic hydroxyl groups excluding tert-OH is 2. The summed E-state index contributed by atoms with van der Waals surface area (Å²) in [4.78, 5) is 11.4. The number of rotatable bonds is 2. The molecular formula is C22H34O4. The van der Waals surface area contributed by atoms with Crippen molar-refractivity contribution in [1.82, 2.24) is 0 Å². The van der Waals surface area contributed by atoms with E-state index in [0.29, 0.717) is 18.3 Å². The number of allylic oxidation sites excluding steroid dienone is 1. The second kappa shape index (κ2) is 5.81. The van der Waals surface area contributed by atoms with Crippen molar-refractivity contribution in [2.45, 2.75) is 77.9 Å². The van der Waals surface area contributed by atoms with Gasteiger partial charge in [0, 0.05) is 17.8 Å². The lowest BCUT2D eigenvalue weighted by atomic mass is 9.40. The molecule has 0 aromatic rings. The Balaban J connectivity index is 1.72. The van der Waals surface area contributed by atoms with Crippen molar-refractivity contribution >= 4 is 5.97 Å². The second-order valence-corrected chi connectivity index (χ2v) is 10.2. The van der Waals surface area contributed by atoms with Crippen molar-refractivity contribution in [3.05, 3.63) is 12.2 Å². The minimum atomic E-state index is -0.492. The number of fused-ring (bicyclic) bond motifs is 3. The molecule has 0 heterocycles. The van der Waals surface area contributed by atoms with E-state index >= 15 is 0 Å². The number of carbonyl (C=O) groups is 1. The summed E-state index contributed by atoms with van der Waals surface area (Å²) >= 11 is 0. The standard InChI is InChI=1S/C22H34O4/c1-13-10-22-11-15(13)5-6-16(22)20(3)8-7-18(24)21(4,12-26-14(2)23)17(20)9-19(22)25/h15-19,24-25H,1,5-12H2,2-4H3/t15-,16+,17-,18-,19-,20+,21-,22+/m1/s1. The third-order valence-electron chi connectivity index (χ3n) is 9.07. The molecule has 0 aromatic heterocycles. The third-order valence-corrected chi connectivity index (χ3v) is 9.07. The molecule has 4 fully saturated rings. The first-order valence-corrected chi connectivity index (χ1v) is 10.3. The van der Waals surface area contributed by atoms with Crippen molar-refractivity contribution < 1.29 is 19.7 Å². The minimum Gasteiger partial charge on any atom is -0.465 e. The summed E-state index contributed by atoms with van der Waals surface area (Å²) in [7, 11) is 0. The van der Waals surface area contributed by atoms with Gasteiger partial charge in [0.1, 0.15) is 0 Å². The van der Waals surface area contributed by atoms with Gasteiger partial charge in [-0.1, -0.05) is 26.0 Å². The van der Waals surface area contributed by atoms with Gasteiger partial charge in [-0.25, -0.2) is 0 Å². The average molecular weight is 363 g/mol. The Labute approximate surface area is 157 Å². The van der Waals surface area contributed by atoms with E-state index in [1.165, 1.54) is 18.9 Å². The van der Waals surface area contributed by atoms with Crippen molar-refractivity contribution in [1.29, 1.82) is 0 Å². The first-order chi connectivity index (χ1) is 12.1. The molecule has 0 saturated heterocycles. The highest BCUT2D eigenvalue weighted by Gasteiger charge is 2.68. The zero-order valence-electron chi connectivity index (χ0n) is 16.5. The fourth-order valence-corrected chi connectivity index (χ4v) is 7.75. The SMILES string of the molecule is C=C1C[C@]23C[C@H]1CC[C@H]2[C@]1(C)CC[C@@H](O)[C@](C)(COC(C)=O)[C@@H]1C[C@H]3O. The van der Waals surface area contributed by atoms with Gasteiger partial charge in [0.05, 0.1) is 18.8 Å². The highest BCUT2D eigenvalue weighted by atomic mass is 16.5. The quantitative estimate of drug-likeness (QED) is 0.583. The summed E-state index contributed by atoms with van der Waals surface area (Å²) in [6.45, 7) is 10.4. The predicted octanol–water partition coefficient (Wildman–Crippen LogP) is 3.46. The molecule has 146 valence electrons. The maximum atomic E-state index is 11.4. The molecule has 4 heteroatoms. The van der Waals surface area contributed by atoms with Crippen molar-refractivity contribution in [3.8, 4) is 0 Å². The number of carbonyl (C=O) groups excluding carboxylic acids is 1. The zero-order valence-corrected chi connectivity index (χ0v) is 16.5. The monoisotopic (exact) mass is 362 g/mol. The van der Waals surface area contributed by atoms with Crippen LogP contribution < -0.4 is 0 Å². The molecule has 4 rings (SSSR count). The Morgan fingerprint density at radius 1 is 1.19 bits per heavy atom. The van der Waals surface area contributed by atoms with Crippen molar-refractivity contribution in [2.75, 3.05) is 6.61 Å². The fourth-order valence-electron chi connectivity index (χ4n) is 7.75. The summed E-state index contributed by atoms with van der Waals surface area (Å²) in [5, 5.41) is 22.2. The van der Waals surface area contributed by atoms with Crippen LogP contribution in [0.4, 0.5) is 0 Å². The molecule has 4 aliphatic rings. The molecule has 4 aliphatic carbocycles. The molecule has 26 heavy (non-hydrogen) atoms. The minimum absolute atomic E-state index is 0.0180. The molecule has 0 radical (unpaired) electrons. The van der Waals surface area contributed by atoms with Gasteiger partial charge in [0.15, 0.2) is 0 Å². The van der Waals surface area contributed by atoms with Gasteiger partial charge in [-0.05, 0) is 68.1 Å². The summed E-state index contributed by atoms with van der Waals surface area (Å²) < 4.78 is 5.40. The highest BCUT2D eigenvalue weighted by molar-refractivity contribution is 5.65. The van der Waals surface area contributed by atoms with E-state index in [4.69, 9.17) is 4.74 Å². The van der Waals surface area contributed by atoms with E-state index in [-0.39, 0.29) is 35.4 Å². The lowest BCUT2D eigenvalue weighted by Crippen LogP contribution is -2.65. The summed E-state index contributed by atoms with van der Waals surface area (Å²) in [5.41, 5.74) is 0.902. The van der Waals surface area contributed by atoms with Gasteiger partial charge in [0.2, 0.25) is 0 Å². The maximum Gasteiger partial charge on any atom is 0.302 e. The molecule has 8 atom stereocenters. The topological polar surface area (TPSA) is 66.8 Å². The summed E-state index contributed by atoms with van der Waals surface area (Å²) in [5.74, 6) is 0.909. The first kappa shape index (κ1) is 18.5. The fraction of sp³-hybridized carbons (Fsp3) is 0.864. The van der Waals surface area contributed by atoms with Gasteiger partial charge in [0.25, 0.3) is 0 Å². The normalized spacial score (nSPS) is 53.0. The van der Waals surface area contributed by atoms with Crippen LogP contribution in [0.25, 0.3) is 0 Å². The molecule has 4 nitrogen and oxygen atoms in total. The molecule has 0 aliphatic heterocycles. The Morgan fingerprint density at radius 3 is 2.62 bits per heavy atom. The molecular weight excluding hydrogens is 328 g/mol. The van der Waals surface area contributed by atoms with Crippen molar-refractivity contribution in [2.24, 2.45) is 34.0 Å². The molecule has 2 bridgehead atoms. The van der Waals surface area contributed by atoms with Crippen LogP contribution in [0.5, 0.6) is 0 Å². The maximum absolute atomic E-state index is 11.4. The summed E-state index contributed by atoms with van der Waals surface area (Å²) in [6.07, 6.45) is 5.98. The largest absolute Gasteiger partial charge is 0.465 e. The predicted molar refractivity (Wildman–Crippen MR) is 99.2 cm³/mol. The van der Waals surface area contributed by atoms with E-state index in [9.17, 15) is 15.0 Å². The number of esters is 1. The van der Waals surface area contributed by atoms with E-state index in [0.717, 1.165) is 32.1 Å². The number of aliphatic hydroxyl groups is 2. The van der Waals surface area contributed by atoms with Crippen LogP contribution in [0, 0.1) is 34.0 Å². The van der Waals surface area contributed by atoms with Crippen LogP contribution in [-0.4, -0.2) is 35.0 Å². The van der Waals surface area contributed by atoms with Crippen LogP contribution in [-0.2, 0) is 9.53 Å². The molecule has 1 spiro atoms. The lowest BCUT2D eigenvalue weighted by molar-refractivity contribution is -0.232. The Morgan fingerprint density at radius 2 is 1.92 bits per heavy atom. The average Bonchev–Trinajstić information content (AvgIpc) is 2.83. The lowest BCUT2D eigenvalue weighted by Gasteiger charge is -2.66. The van der Waals surface area contributed by atoms with Gasteiger partial charge in [-0.2, -0.15) is 0 Å². The third kappa shape index (κ3) is 2.30. The number of ether oxygens (including phenoxy) is 1. The van der Waals surface area contributed by atoms with Crippen molar-refractivity contribution in [3.63, 3.8) is 0 Å². The Bertz CT molecular complexity index is 630. The van der Waals surface area contributed by atoms with Gasteiger partial charge in [-0.15, -0.1) is 0 Å². The van der Waals surface area contributed by atoms with Crippen LogP contribution in [0.3, 0.4) is 0 Å². The molecule has 4 saturated carbocycles. The zero-order chi connectivity index (χ0) is 18.9. The Kier molecular flexibility index (Phi) is 4.13. The van der Waals surface area contributed by atoms with E-state index in [1.54, 1.807) is 0 Å². The highest BCUT2D eigenvalue weighted by Crippen LogP contribution is 2.72.